The van der Waals surface area contributed by atoms with Crippen molar-refractivity contribution in [3.8, 4) is 17.2 Å². The first-order valence-corrected chi connectivity index (χ1v) is 8.99. The molecule has 8 nitrogen and oxygen atoms in total. The molecule has 3 N–H and O–H groups in total. The van der Waals surface area contributed by atoms with Crippen molar-refractivity contribution in [1.82, 2.24) is 10.6 Å². The lowest BCUT2D eigenvalue weighted by Crippen LogP contribution is -2.45. The van der Waals surface area contributed by atoms with Crippen LogP contribution in [0.2, 0.25) is 0 Å². The summed E-state index contributed by atoms with van der Waals surface area (Å²) in [7, 11) is 1.42. The molecule has 0 radical (unpaired) electrons. The third-order valence-electron chi connectivity index (χ3n) is 4.35. The second kappa shape index (κ2) is 9.01. The van der Waals surface area contributed by atoms with Crippen molar-refractivity contribution < 1.29 is 28.9 Å². The Labute approximate surface area is 168 Å². The number of methoxy groups -OCH3 is 1. The minimum Gasteiger partial charge on any atom is -0.504 e. The van der Waals surface area contributed by atoms with Crippen LogP contribution in [0.5, 0.6) is 17.2 Å². The maximum Gasteiger partial charge on any atom is 0.338 e. The number of carbonyl (C=O) groups is 2. The summed E-state index contributed by atoms with van der Waals surface area (Å²) in [5.41, 5.74) is 1.22. The number of phenolic OH excluding ortho intramolecular Hbond substituents is 1. The summed E-state index contributed by atoms with van der Waals surface area (Å²) in [5.74, 6) is 0.291. The van der Waals surface area contributed by atoms with Crippen LogP contribution in [-0.4, -0.2) is 37.4 Å². The molecule has 0 spiro atoms. The Morgan fingerprint density at radius 2 is 1.90 bits per heavy atom. The van der Waals surface area contributed by atoms with E-state index < -0.39 is 18.0 Å². The first-order chi connectivity index (χ1) is 14.0. The lowest BCUT2D eigenvalue weighted by Gasteiger charge is -2.28. The molecule has 2 aromatic carbocycles. The smallest absolute Gasteiger partial charge is 0.338 e. The molecular weight excluding hydrogens is 376 g/mol. The molecule has 0 bridgehead atoms. The van der Waals surface area contributed by atoms with Crippen molar-refractivity contribution in [1.29, 1.82) is 0 Å². The van der Waals surface area contributed by atoms with E-state index in [9.17, 15) is 14.7 Å². The Kier molecular flexibility index (Phi) is 6.23. The third kappa shape index (κ3) is 4.78. The number of urea groups is 1. The Bertz CT molecular complexity index is 926. The van der Waals surface area contributed by atoms with Crippen LogP contribution in [0.15, 0.2) is 59.8 Å². The van der Waals surface area contributed by atoms with E-state index in [1.54, 1.807) is 19.1 Å². The standard InChI is InChI=1S/C21H22N2O6/c1-13-18(20(25)29-11-10-28-15-6-4-3-5-7-15)19(23-21(26)22-13)14-8-9-16(24)17(12-14)27-2/h3-9,12,19,24H,10-11H2,1-2H3,(H2,22,23,26)/t19-/m0/s1. The van der Waals surface area contributed by atoms with Gasteiger partial charge in [-0.15, -0.1) is 0 Å². The topological polar surface area (TPSA) is 106 Å². The molecule has 2 amide bonds. The molecule has 0 saturated heterocycles. The predicted molar refractivity (Wildman–Crippen MR) is 105 cm³/mol. The number of phenols is 1. The average Bonchev–Trinajstić information content (AvgIpc) is 2.71. The van der Waals surface area contributed by atoms with E-state index in [1.165, 1.54) is 13.2 Å². The fourth-order valence-corrected chi connectivity index (χ4v) is 2.98. The highest BCUT2D eigenvalue weighted by atomic mass is 16.6. The minimum atomic E-state index is -0.749. The van der Waals surface area contributed by atoms with Crippen LogP contribution in [0.25, 0.3) is 0 Å². The Hall–Kier alpha value is -3.68. The van der Waals surface area contributed by atoms with Crippen LogP contribution in [0.1, 0.15) is 18.5 Å². The fraction of sp³-hybridized carbons (Fsp3) is 0.238. The summed E-state index contributed by atoms with van der Waals surface area (Å²) < 4.78 is 16.0. The molecule has 152 valence electrons. The molecule has 1 aliphatic rings. The zero-order valence-electron chi connectivity index (χ0n) is 16.1. The Morgan fingerprint density at radius 1 is 1.14 bits per heavy atom. The van der Waals surface area contributed by atoms with Gasteiger partial charge in [0.05, 0.1) is 18.7 Å². The maximum absolute atomic E-state index is 12.7. The largest absolute Gasteiger partial charge is 0.504 e. The van der Waals surface area contributed by atoms with E-state index in [0.717, 1.165) is 0 Å². The van der Waals surface area contributed by atoms with Crippen molar-refractivity contribution in [2.45, 2.75) is 13.0 Å². The zero-order chi connectivity index (χ0) is 20.8. The monoisotopic (exact) mass is 398 g/mol. The molecule has 1 heterocycles. The van der Waals surface area contributed by atoms with Crippen molar-refractivity contribution in [3.63, 3.8) is 0 Å². The summed E-state index contributed by atoms with van der Waals surface area (Å²) in [5, 5.41) is 15.1. The lowest BCUT2D eigenvalue weighted by atomic mass is 9.95. The number of aromatic hydroxyl groups is 1. The summed E-state index contributed by atoms with van der Waals surface area (Å²) in [6.07, 6.45) is 0. The van der Waals surface area contributed by atoms with Crippen LogP contribution in [0.4, 0.5) is 4.79 Å². The van der Waals surface area contributed by atoms with Crippen molar-refractivity contribution in [3.05, 3.63) is 65.4 Å². The molecule has 0 unspecified atom stereocenters. The van der Waals surface area contributed by atoms with E-state index >= 15 is 0 Å². The number of hydrogen-bond donors (Lipinski definition) is 3. The molecule has 0 aromatic heterocycles. The van der Waals surface area contributed by atoms with Crippen LogP contribution >= 0.6 is 0 Å². The number of ether oxygens (including phenoxy) is 3. The predicted octanol–water partition coefficient (Wildman–Crippen LogP) is 2.65. The number of amides is 2. The molecule has 29 heavy (non-hydrogen) atoms. The zero-order valence-corrected chi connectivity index (χ0v) is 16.1. The highest BCUT2D eigenvalue weighted by Crippen LogP contribution is 2.33. The average molecular weight is 398 g/mol. The molecule has 0 saturated carbocycles. The van der Waals surface area contributed by atoms with Crippen molar-refractivity contribution in [2.75, 3.05) is 20.3 Å². The molecule has 0 fully saturated rings. The number of allylic oxidation sites excluding steroid dienone is 1. The van der Waals surface area contributed by atoms with Gasteiger partial charge in [0, 0.05) is 5.70 Å². The van der Waals surface area contributed by atoms with Crippen LogP contribution in [-0.2, 0) is 9.53 Å². The number of hydrogen-bond acceptors (Lipinski definition) is 6. The first-order valence-electron chi connectivity index (χ1n) is 8.99. The molecule has 1 aliphatic heterocycles. The third-order valence-corrected chi connectivity index (χ3v) is 4.35. The van der Waals surface area contributed by atoms with E-state index in [2.05, 4.69) is 10.6 Å². The number of benzene rings is 2. The number of carbonyl (C=O) groups excluding carboxylic acids is 2. The summed E-state index contributed by atoms with van der Waals surface area (Å²) in [4.78, 5) is 24.7. The van der Waals surface area contributed by atoms with Gasteiger partial charge in [-0.2, -0.15) is 0 Å². The number of rotatable bonds is 7. The number of nitrogens with one attached hydrogen (secondary N) is 2. The van der Waals surface area contributed by atoms with Gasteiger partial charge in [-0.3, -0.25) is 0 Å². The minimum absolute atomic E-state index is 0.0422. The summed E-state index contributed by atoms with van der Waals surface area (Å²) >= 11 is 0. The quantitative estimate of drug-likeness (QED) is 0.489. The van der Waals surface area contributed by atoms with Gasteiger partial charge in [0.1, 0.15) is 19.0 Å². The SMILES string of the molecule is COc1cc([C@@H]2NC(=O)NC(C)=C2C(=O)OCCOc2ccccc2)ccc1O. The van der Waals surface area contributed by atoms with Gasteiger partial charge in [-0.1, -0.05) is 24.3 Å². The lowest BCUT2D eigenvalue weighted by molar-refractivity contribution is -0.140. The number of esters is 1. The molecule has 3 rings (SSSR count). The molecule has 0 aliphatic carbocycles. The van der Waals surface area contributed by atoms with Gasteiger partial charge in [0.25, 0.3) is 0 Å². The van der Waals surface area contributed by atoms with Gasteiger partial charge < -0.3 is 30.0 Å². The van der Waals surface area contributed by atoms with Crippen molar-refractivity contribution in [2.24, 2.45) is 0 Å². The molecule has 8 heteroatoms. The Balaban J connectivity index is 1.72. The second-order valence-electron chi connectivity index (χ2n) is 6.30. The van der Waals surface area contributed by atoms with E-state index in [4.69, 9.17) is 14.2 Å². The van der Waals surface area contributed by atoms with Gasteiger partial charge >= 0.3 is 12.0 Å². The van der Waals surface area contributed by atoms with Gasteiger partial charge in [0.2, 0.25) is 0 Å². The van der Waals surface area contributed by atoms with Gasteiger partial charge in [-0.25, -0.2) is 9.59 Å². The van der Waals surface area contributed by atoms with Gasteiger partial charge in [0.15, 0.2) is 11.5 Å². The second-order valence-corrected chi connectivity index (χ2v) is 6.30. The number of para-hydroxylation sites is 1. The van der Waals surface area contributed by atoms with Crippen molar-refractivity contribution >= 4 is 12.0 Å². The van der Waals surface area contributed by atoms with Crippen LogP contribution in [0.3, 0.4) is 0 Å². The highest BCUT2D eigenvalue weighted by molar-refractivity contribution is 5.95. The summed E-state index contributed by atoms with van der Waals surface area (Å²) in [6, 6.07) is 12.6. The highest BCUT2D eigenvalue weighted by Gasteiger charge is 2.32. The Morgan fingerprint density at radius 3 is 2.62 bits per heavy atom. The molecule has 1 atom stereocenters. The van der Waals surface area contributed by atoms with Crippen LogP contribution in [0, 0.1) is 0 Å². The van der Waals surface area contributed by atoms with E-state index in [0.29, 0.717) is 17.0 Å². The molecular formula is C21H22N2O6. The maximum atomic E-state index is 12.7. The van der Waals surface area contributed by atoms with Crippen LogP contribution < -0.4 is 20.1 Å². The normalized spacial score (nSPS) is 15.9. The van der Waals surface area contributed by atoms with E-state index in [-0.39, 0.29) is 30.3 Å². The van der Waals surface area contributed by atoms with E-state index in [1.807, 2.05) is 30.3 Å². The first kappa shape index (κ1) is 20.1. The fourth-order valence-electron chi connectivity index (χ4n) is 2.98. The summed E-state index contributed by atoms with van der Waals surface area (Å²) in [6.45, 7) is 1.87. The molecule has 2 aromatic rings. The van der Waals surface area contributed by atoms with Gasteiger partial charge in [-0.05, 0) is 36.8 Å².